The number of carbonyl (C=O) groups excluding carboxylic acids is 2. The van der Waals surface area contributed by atoms with Crippen molar-refractivity contribution in [2.24, 2.45) is 5.92 Å². The number of benzene rings is 2. The molecule has 2 aliphatic rings. The lowest BCUT2D eigenvalue weighted by Gasteiger charge is -2.38. The molecule has 0 saturated carbocycles. The average molecular weight is 584 g/mol. The minimum atomic E-state index is -0.319. The molecule has 6 rings (SSSR count). The highest BCUT2D eigenvalue weighted by Crippen LogP contribution is 2.40. The topological polar surface area (TPSA) is 105 Å². The lowest BCUT2D eigenvalue weighted by molar-refractivity contribution is 0.0518. The Morgan fingerprint density at radius 2 is 1.67 bits per heavy atom. The van der Waals surface area contributed by atoms with Crippen LogP contribution in [0.15, 0.2) is 60.0 Å². The van der Waals surface area contributed by atoms with Gasteiger partial charge in [-0.3, -0.25) is 10.1 Å². The molecule has 2 aromatic heterocycles. The second-order valence-electron chi connectivity index (χ2n) is 12.6. The minimum absolute atomic E-state index is 0.0277. The third-order valence-electron chi connectivity index (χ3n) is 8.38. The van der Waals surface area contributed by atoms with Crippen LogP contribution in [-0.4, -0.2) is 48.3 Å². The number of nitrogens with zero attached hydrogens (tertiary/aromatic N) is 5. The van der Waals surface area contributed by atoms with E-state index >= 15 is 0 Å². The number of piperidine rings is 1. The van der Waals surface area contributed by atoms with Gasteiger partial charge in [0.2, 0.25) is 0 Å². The maximum Gasteiger partial charge on any atom is 0.324 e. The van der Waals surface area contributed by atoms with E-state index in [-0.39, 0.29) is 29.4 Å². The van der Waals surface area contributed by atoms with Crippen molar-refractivity contribution in [3.63, 3.8) is 0 Å². The van der Waals surface area contributed by atoms with Gasteiger partial charge in [-0.2, -0.15) is 5.10 Å². The van der Waals surface area contributed by atoms with E-state index in [2.05, 4.69) is 58.0 Å². The van der Waals surface area contributed by atoms with Crippen LogP contribution in [0.1, 0.15) is 73.8 Å². The molecule has 42 heavy (non-hydrogen) atoms. The Morgan fingerprint density at radius 3 is 2.29 bits per heavy atom. The summed E-state index contributed by atoms with van der Waals surface area (Å²) in [5, 5.41) is 16.5. The zero-order valence-corrected chi connectivity index (χ0v) is 25.3. The van der Waals surface area contributed by atoms with Crippen LogP contribution in [-0.2, 0) is 11.8 Å². The fraction of sp³-hybridized carbons (Fsp3) is 0.406. The van der Waals surface area contributed by atoms with Gasteiger partial charge in [0.15, 0.2) is 5.69 Å². The summed E-state index contributed by atoms with van der Waals surface area (Å²) < 4.78 is 5.64. The van der Waals surface area contributed by atoms with Crippen molar-refractivity contribution in [3.8, 4) is 5.69 Å². The SMILES string of the molecule is Cc1ccc(-n2nc(C(C)(C)C)cc2NC(=O)Nc2ccc(CC3CC4CCC(C3)N4C(=O)c3csnn3)cc2)cc1. The summed E-state index contributed by atoms with van der Waals surface area (Å²) in [6, 6.07) is 18.3. The Morgan fingerprint density at radius 1 is 0.976 bits per heavy atom. The van der Waals surface area contributed by atoms with E-state index in [1.807, 2.05) is 49.4 Å². The van der Waals surface area contributed by atoms with Crippen molar-refractivity contribution >= 4 is 35.0 Å². The fourth-order valence-corrected chi connectivity index (χ4v) is 6.66. The first-order valence-corrected chi connectivity index (χ1v) is 15.4. The standard InChI is InChI=1S/C32H37N7O2S/c1-20-5-11-24(12-6-20)39-29(18-28(36-39)32(2,3)4)34-31(41)33-23-9-7-21(8-10-23)15-22-16-25-13-14-26(17-22)38(25)30(40)27-19-42-37-35-27/h5-12,18-19,22,25-26H,13-17H2,1-4H3,(H2,33,34,41). The Balaban J connectivity index is 1.07. The Kier molecular flexibility index (Phi) is 7.57. The van der Waals surface area contributed by atoms with E-state index in [1.54, 1.807) is 10.1 Å². The van der Waals surface area contributed by atoms with Crippen LogP contribution in [0.25, 0.3) is 5.69 Å². The van der Waals surface area contributed by atoms with E-state index in [0.717, 1.165) is 54.7 Å². The van der Waals surface area contributed by atoms with Crippen molar-refractivity contribution < 1.29 is 9.59 Å². The molecule has 2 bridgehead atoms. The second kappa shape index (κ2) is 11.3. The van der Waals surface area contributed by atoms with Crippen LogP contribution in [0.3, 0.4) is 0 Å². The predicted octanol–water partition coefficient (Wildman–Crippen LogP) is 6.60. The zero-order chi connectivity index (χ0) is 29.4. The van der Waals surface area contributed by atoms with Crippen molar-refractivity contribution in [2.75, 3.05) is 10.6 Å². The lowest BCUT2D eigenvalue weighted by Crippen LogP contribution is -2.47. The van der Waals surface area contributed by atoms with Gasteiger partial charge in [0.05, 0.1) is 11.4 Å². The maximum absolute atomic E-state index is 13.0. The molecule has 9 nitrogen and oxygen atoms in total. The predicted molar refractivity (Wildman–Crippen MR) is 165 cm³/mol. The molecule has 218 valence electrons. The number of rotatable bonds is 6. The number of aryl methyl sites for hydroxylation is 1. The lowest BCUT2D eigenvalue weighted by atomic mass is 9.85. The molecule has 10 heteroatoms. The molecular formula is C32H37N7O2S. The molecule has 2 fully saturated rings. The van der Waals surface area contributed by atoms with Crippen LogP contribution in [0, 0.1) is 12.8 Å². The first-order chi connectivity index (χ1) is 20.1. The number of fused-ring (bicyclic) bond motifs is 2. The van der Waals surface area contributed by atoms with Crippen LogP contribution in [0.4, 0.5) is 16.3 Å². The largest absolute Gasteiger partial charge is 0.331 e. The van der Waals surface area contributed by atoms with Crippen molar-refractivity contribution in [2.45, 2.75) is 77.3 Å². The van der Waals surface area contributed by atoms with E-state index in [0.29, 0.717) is 17.4 Å². The van der Waals surface area contributed by atoms with E-state index in [4.69, 9.17) is 5.10 Å². The van der Waals surface area contributed by atoms with Crippen LogP contribution < -0.4 is 10.6 Å². The molecule has 4 heterocycles. The summed E-state index contributed by atoms with van der Waals surface area (Å²) in [6.07, 6.45) is 5.09. The van der Waals surface area contributed by atoms with Crippen LogP contribution in [0.5, 0.6) is 0 Å². The quantitative estimate of drug-likeness (QED) is 0.266. The molecule has 2 saturated heterocycles. The molecule has 0 aliphatic carbocycles. The highest BCUT2D eigenvalue weighted by atomic mass is 32.1. The fourth-order valence-electron chi connectivity index (χ4n) is 6.23. The zero-order valence-electron chi connectivity index (χ0n) is 24.5. The van der Waals surface area contributed by atoms with Crippen LogP contribution in [0.2, 0.25) is 0 Å². The monoisotopic (exact) mass is 583 g/mol. The first-order valence-electron chi connectivity index (χ1n) is 14.6. The molecule has 0 spiro atoms. The molecule has 0 radical (unpaired) electrons. The van der Waals surface area contributed by atoms with Gasteiger partial charge in [0.25, 0.3) is 5.91 Å². The molecule has 2 atom stereocenters. The molecule has 2 aromatic carbocycles. The third-order valence-corrected chi connectivity index (χ3v) is 8.88. The van der Waals surface area contributed by atoms with Gasteiger partial charge in [0, 0.05) is 34.6 Å². The number of hydrogen-bond donors (Lipinski definition) is 2. The average Bonchev–Trinajstić information content (AvgIpc) is 3.69. The Hall–Kier alpha value is -4.05. The van der Waals surface area contributed by atoms with Crippen molar-refractivity contribution in [1.82, 2.24) is 24.3 Å². The van der Waals surface area contributed by atoms with Gasteiger partial charge in [0.1, 0.15) is 5.82 Å². The van der Waals surface area contributed by atoms with E-state index in [9.17, 15) is 9.59 Å². The molecule has 4 aromatic rings. The number of anilines is 2. The summed E-state index contributed by atoms with van der Waals surface area (Å²) in [4.78, 5) is 28.1. The van der Waals surface area contributed by atoms with Gasteiger partial charge in [-0.05, 0) is 86.3 Å². The van der Waals surface area contributed by atoms with Gasteiger partial charge >= 0.3 is 6.03 Å². The van der Waals surface area contributed by atoms with Crippen molar-refractivity contribution in [1.29, 1.82) is 0 Å². The van der Waals surface area contributed by atoms with Gasteiger partial charge in [-0.1, -0.05) is 55.1 Å². The number of urea groups is 1. The summed E-state index contributed by atoms with van der Waals surface area (Å²) in [7, 11) is 0. The number of amides is 3. The second-order valence-corrected chi connectivity index (χ2v) is 13.2. The smallest absolute Gasteiger partial charge is 0.324 e. The number of hydrogen-bond acceptors (Lipinski definition) is 6. The summed E-state index contributed by atoms with van der Waals surface area (Å²) in [5.74, 6) is 1.17. The minimum Gasteiger partial charge on any atom is -0.331 e. The third kappa shape index (κ3) is 5.94. The maximum atomic E-state index is 13.0. The highest BCUT2D eigenvalue weighted by Gasteiger charge is 2.43. The van der Waals surface area contributed by atoms with Gasteiger partial charge < -0.3 is 10.2 Å². The summed E-state index contributed by atoms with van der Waals surface area (Å²) in [6.45, 7) is 8.36. The molecular weight excluding hydrogens is 546 g/mol. The number of aromatic nitrogens is 4. The van der Waals surface area contributed by atoms with Gasteiger partial charge in [-0.15, -0.1) is 5.10 Å². The normalized spacial score (nSPS) is 20.0. The van der Waals surface area contributed by atoms with E-state index < -0.39 is 0 Å². The highest BCUT2D eigenvalue weighted by molar-refractivity contribution is 7.03. The molecule has 3 amide bonds. The van der Waals surface area contributed by atoms with Gasteiger partial charge in [-0.25, -0.2) is 9.48 Å². The van der Waals surface area contributed by atoms with E-state index in [1.165, 1.54) is 17.1 Å². The first kappa shape index (κ1) is 28.1. The molecule has 2 aliphatic heterocycles. The van der Waals surface area contributed by atoms with Crippen LogP contribution >= 0.6 is 11.5 Å². The summed E-state index contributed by atoms with van der Waals surface area (Å²) >= 11 is 1.22. The Bertz CT molecular complexity index is 1540. The molecule has 2 N–H and O–H groups in total. The van der Waals surface area contributed by atoms with Crippen molar-refractivity contribution in [3.05, 3.63) is 82.5 Å². The Labute approximate surface area is 250 Å². The summed E-state index contributed by atoms with van der Waals surface area (Å²) in [5.41, 5.74) is 5.22. The number of nitrogens with one attached hydrogen (secondary N) is 2. The molecule has 2 unspecified atom stereocenters. The number of carbonyl (C=O) groups is 2.